The molecule has 1 heterocycles. The van der Waals surface area contributed by atoms with Crippen LogP contribution < -0.4 is 4.74 Å². The van der Waals surface area contributed by atoms with E-state index in [-0.39, 0.29) is 5.75 Å². The molecule has 1 unspecified atom stereocenters. The van der Waals surface area contributed by atoms with Gasteiger partial charge in [-0.15, -0.1) is 0 Å². The van der Waals surface area contributed by atoms with Gasteiger partial charge in [-0.2, -0.15) is 0 Å². The predicted octanol–water partition coefficient (Wildman–Crippen LogP) is 1.12. The number of hydrogen-bond donors (Lipinski definition) is 2. The highest BCUT2D eigenvalue weighted by Crippen LogP contribution is 2.28. The van der Waals surface area contributed by atoms with Crippen LogP contribution in [0.4, 0.5) is 0 Å². The highest BCUT2D eigenvalue weighted by molar-refractivity contribution is 5.61. The van der Waals surface area contributed by atoms with E-state index in [4.69, 9.17) is 14.9 Å². The van der Waals surface area contributed by atoms with E-state index in [1.54, 1.807) is 24.3 Å². The van der Waals surface area contributed by atoms with Crippen LogP contribution in [-0.4, -0.2) is 16.5 Å². The maximum atomic E-state index is 9.09. The molecule has 0 aliphatic carbocycles. The van der Waals surface area contributed by atoms with E-state index in [2.05, 4.69) is 0 Å². The standard InChI is InChI=1S/C9H8O3/c10-7-3-1-6-2-4-9(11)12-8(6)5-7/h1-5,9-11H. The van der Waals surface area contributed by atoms with Crippen LogP contribution in [0.2, 0.25) is 0 Å². The molecule has 3 heteroatoms. The summed E-state index contributed by atoms with van der Waals surface area (Å²) in [5.74, 6) is 0.640. The molecule has 2 N–H and O–H groups in total. The van der Waals surface area contributed by atoms with Gasteiger partial charge in [-0.25, -0.2) is 0 Å². The fourth-order valence-electron chi connectivity index (χ4n) is 1.12. The maximum absolute atomic E-state index is 9.09. The lowest BCUT2D eigenvalue weighted by Crippen LogP contribution is -2.15. The summed E-state index contributed by atoms with van der Waals surface area (Å²) >= 11 is 0. The van der Waals surface area contributed by atoms with E-state index in [1.807, 2.05) is 0 Å². The average Bonchev–Trinajstić information content (AvgIpc) is 2.03. The molecule has 1 atom stereocenters. The minimum absolute atomic E-state index is 0.135. The van der Waals surface area contributed by atoms with Gasteiger partial charge in [-0.1, -0.05) is 0 Å². The normalized spacial score (nSPS) is 19.9. The summed E-state index contributed by atoms with van der Waals surface area (Å²) in [7, 11) is 0. The molecule has 3 nitrogen and oxygen atoms in total. The first-order chi connectivity index (χ1) is 5.75. The van der Waals surface area contributed by atoms with Gasteiger partial charge in [0.15, 0.2) is 0 Å². The average molecular weight is 164 g/mol. The SMILES string of the molecule is Oc1ccc2c(c1)OC(O)C=C2. The van der Waals surface area contributed by atoms with Crippen molar-refractivity contribution in [2.45, 2.75) is 6.29 Å². The van der Waals surface area contributed by atoms with Gasteiger partial charge >= 0.3 is 0 Å². The van der Waals surface area contributed by atoms with Gasteiger partial charge in [0.1, 0.15) is 11.5 Å². The van der Waals surface area contributed by atoms with E-state index < -0.39 is 6.29 Å². The molecule has 0 saturated heterocycles. The fraction of sp³-hybridized carbons (Fsp3) is 0.111. The molecule has 1 aromatic rings. The summed E-state index contributed by atoms with van der Waals surface area (Å²) in [5, 5.41) is 18.1. The Labute approximate surface area is 69.5 Å². The van der Waals surface area contributed by atoms with Crippen LogP contribution in [0.5, 0.6) is 11.5 Å². The van der Waals surface area contributed by atoms with E-state index in [1.165, 1.54) is 6.07 Å². The van der Waals surface area contributed by atoms with E-state index >= 15 is 0 Å². The van der Waals surface area contributed by atoms with Crippen molar-refractivity contribution in [3.63, 3.8) is 0 Å². The minimum atomic E-state index is -0.903. The van der Waals surface area contributed by atoms with Crippen LogP contribution in [0.15, 0.2) is 24.3 Å². The second-order valence-corrected chi connectivity index (χ2v) is 2.59. The molecule has 0 amide bonds. The molecule has 0 bridgehead atoms. The van der Waals surface area contributed by atoms with Crippen LogP contribution in [0.25, 0.3) is 6.08 Å². The minimum Gasteiger partial charge on any atom is -0.508 e. The van der Waals surface area contributed by atoms with Crippen LogP contribution in [-0.2, 0) is 0 Å². The molecule has 62 valence electrons. The van der Waals surface area contributed by atoms with Crippen molar-refractivity contribution in [3.05, 3.63) is 29.8 Å². The third kappa shape index (κ3) is 1.14. The van der Waals surface area contributed by atoms with Gasteiger partial charge in [-0.05, 0) is 24.3 Å². The number of fused-ring (bicyclic) bond motifs is 1. The molecule has 0 saturated carbocycles. The van der Waals surface area contributed by atoms with Crippen molar-refractivity contribution in [2.75, 3.05) is 0 Å². The van der Waals surface area contributed by atoms with Crippen molar-refractivity contribution < 1.29 is 14.9 Å². The zero-order valence-electron chi connectivity index (χ0n) is 6.27. The van der Waals surface area contributed by atoms with Crippen LogP contribution in [0, 0.1) is 0 Å². The Hall–Kier alpha value is -1.48. The molecular weight excluding hydrogens is 156 g/mol. The summed E-state index contributed by atoms with van der Waals surface area (Å²) in [4.78, 5) is 0. The second-order valence-electron chi connectivity index (χ2n) is 2.59. The third-order valence-corrected chi connectivity index (χ3v) is 1.69. The van der Waals surface area contributed by atoms with Crippen molar-refractivity contribution in [2.24, 2.45) is 0 Å². The number of benzene rings is 1. The number of hydrogen-bond acceptors (Lipinski definition) is 3. The number of phenols is 1. The number of aliphatic hydroxyl groups excluding tert-OH is 1. The fourth-order valence-corrected chi connectivity index (χ4v) is 1.12. The number of aromatic hydroxyl groups is 1. The van der Waals surface area contributed by atoms with Gasteiger partial charge in [0.05, 0.1) is 0 Å². The quantitative estimate of drug-likeness (QED) is 0.604. The maximum Gasteiger partial charge on any atom is 0.217 e. The monoisotopic (exact) mass is 164 g/mol. The molecule has 12 heavy (non-hydrogen) atoms. The Morgan fingerprint density at radius 3 is 3.00 bits per heavy atom. The van der Waals surface area contributed by atoms with Gasteiger partial charge < -0.3 is 14.9 Å². The number of ether oxygens (including phenoxy) is 1. The van der Waals surface area contributed by atoms with Gasteiger partial charge in [0.25, 0.3) is 0 Å². The van der Waals surface area contributed by atoms with Gasteiger partial charge in [0.2, 0.25) is 6.29 Å². The van der Waals surface area contributed by atoms with Gasteiger partial charge in [-0.3, -0.25) is 0 Å². The molecule has 0 spiro atoms. The van der Waals surface area contributed by atoms with Crippen molar-refractivity contribution in [1.29, 1.82) is 0 Å². The zero-order valence-corrected chi connectivity index (χ0v) is 6.27. The van der Waals surface area contributed by atoms with Crippen LogP contribution in [0.3, 0.4) is 0 Å². The van der Waals surface area contributed by atoms with E-state index in [0.717, 1.165) is 5.56 Å². The Kier molecular flexibility index (Phi) is 1.52. The Morgan fingerprint density at radius 2 is 2.17 bits per heavy atom. The molecule has 1 aliphatic rings. The third-order valence-electron chi connectivity index (χ3n) is 1.69. The summed E-state index contributed by atoms with van der Waals surface area (Å²) in [5.41, 5.74) is 0.859. The smallest absolute Gasteiger partial charge is 0.217 e. The number of phenolic OH excluding ortho intramolecular Hbond substituents is 1. The molecule has 2 rings (SSSR count). The van der Waals surface area contributed by atoms with Crippen molar-refractivity contribution in [1.82, 2.24) is 0 Å². The molecule has 0 aromatic heterocycles. The lowest BCUT2D eigenvalue weighted by atomic mass is 10.1. The number of rotatable bonds is 0. The Bertz CT molecular complexity index is 331. The summed E-state index contributed by atoms with van der Waals surface area (Å²) in [6.07, 6.45) is 2.39. The van der Waals surface area contributed by atoms with Crippen molar-refractivity contribution in [3.8, 4) is 11.5 Å². The van der Waals surface area contributed by atoms with Crippen LogP contribution in [0.1, 0.15) is 5.56 Å². The van der Waals surface area contributed by atoms with Crippen molar-refractivity contribution >= 4 is 6.08 Å². The predicted molar refractivity (Wildman–Crippen MR) is 43.8 cm³/mol. The molecule has 0 radical (unpaired) electrons. The second kappa shape index (κ2) is 2.53. The lowest BCUT2D eigenvalue weighted by Gasteiger charge is -2.16. The topological polar surface area (TPSA) is 49.7 Å². The Balaban J connectivity index is 2.47. The van der Waals surface area contributed by atoms with Gasteiger partial charge in [0, 0.05) is 11.6 Å². The molecule has 0 fully saturated rings. The van der Waals surface area contributed by atoms with E-state index in [0.29, 0.717) is 5.75 Å². The Morgan fingerprint density at radius 1 is 1.33 bits per heavy atom. The van der Waals surface area contributed by atoms with E-state index in [9.17, 15) is 0 Å². The van der Waals surface area contributed by atoms with Crippen LogP contribution >= 0.6 is 0 Å². The largest absolute Gasteiger partial charge is 0.508 e. The molecular formula is C9H8O3. The number of aliphatic hydroxyl groups is 1. The summed E-state index contributed by atoms with van der Waals surface area (Å²) < 4.78 is 5.02. The summed E-state index contributed by atoms with van der Waals surface area (Å²) in [6.45, 7) is 0. The highest BCUT2D eigenvalue weighted by atomic mass is 16.6. The molecule has 1 aliphatic heterocycles. The molecule has 1 aromatic carbocycles. The summed E-state index contributed by atoms with van der Waals surface area (Å²) in [6, 6.07) is 4.78. The highest BCUT2D eigenvalue weighted by Gasteiger charge is 2.11. The zero-order chi connectivity index (χ0) is 8.55. The lowest BCUT2D eigenvalue weighted by molar-refractivity contribution is 0.0230. The first-order valence-electron chi connectivity index (χ1n) is 3.62. The first-order valence-corrected chi connectivity index (χ1v) is 3.62. The first kappa shape index (κ1) is 7.18.